The van der Waals surface area contributed by atoms with E-state index in [1.165, 1.54) is 0 Å². The molecule has 2 atom stereocenters. The van der Waals surface area contributed by atoms with E-state index in [1.54, 1.807) is 13.1 Å². The number of aryl methyl sites for hydroxylation is 1. The predicted octanol–water partition coefficient (Wildman–Crippen LogP) is 1.63. The third-order valence-corrected chi connectivity index (χ3v) is 3.42. The van der Waals surface area contributed by atoms with Crippen LogP contribution in [-0.4, -0.2) is 40.3 Å². The van der Waals surface area contributed by atoms with Crippen LogP contribution in [0, 0.1) is 6.92 Å². The summed E-state index contributed by atoms with van der Waals surface area (Å²) in [6.45, 7) is 8.11. The lowest BCUT2D eigenvalue weighted by Crippen LogP contribution is -2.54. The lowest BCUT2D eigenvalue weighted by Gasteiger charge is -2.36. The van der Waals surface area contributed by atoms with Gasteiger partial charge in [0.25, 0.3) is 0 Å². The lowest BCUT2D eigenvalue weighted by molar-refractivity contribution is 0.394. The van der Waals surface area contributed by atoms with Gasteiger partial charge < -0.3 is 14.7 Å². The van der Waals surface area contributed by atoms with Gasteiger partial charge in [-0.1, -0.05) is 5.16 Å². The molecule has 0 radical (unpaired) electrons. The molecule has 0 spiro atoms. The number of pyridine rings is 1. The summed E-state index contributed by atoms with van der Waals surface area (Å²) in [5.41, 5.74) is 0.877. The second kappa shape index (κ2) is 5.20. The number of nitrogens with one attached hydrogen (secondary N) is 1. The highest BCUT2D eigenvalue weighted by molar-refractivity contribution is 5.56. The summed E-state index contributed by atoms with van der Waals surface area (Å²) in [7, 11) is 0. The SMILES string of the molecule is Cc1nc(-c2ccc(N3C[C@@H](C)N[C@@H](C)C3)nc2)no1. The third-order valence-electron chi connectivity index (χ3n) is 3.42. The average Bonchev–Trinajstić information content (AvgIpc) is 2.84. The van der Waals surface area contributed by atoms with Crippen molar-refractivity contribution < 1.29 is 4.52 Å². The fourth-order valence-electron chi connectivity index (χ4n) is 2.64. The molecule has 6 nitrogen and oxygen atoms in total. The van der Waals surface area contributed by atoms with E-state index in [0.717, 1.165) is 24.5 Å². The highest BCUT2D eigenvalue weighted by Crippen LogP contribution is 2.20. The maximum absolute atomic E-state index is 4.99. The van der Waals surface area contributed by atoms with Gasteiger partial charge >= 0.3 is 0 Å². The fraction of sp³-hybridized carbons (Fsp3) is 0.500. The van der Waals surface area contributed by atoms with Crippen LogP contribution in [-0.2, 0) is 0 Å². The molecule has 1 fully saturated rings. The van der Waals surface area contributed by atoms with E-state index in [4.69, 9.17) is 4.52 Å². The largest absolute Gasteiger partial charge is 0.354 e. The van der Waals surface area contributed by atoms with Crippen molar-refractivity contribution in [1.29, 1.82) is 0 Å². The van der Waals surface area contributed by atoms with Gasteiger partial charge in [-0.3, -0.25) is 0 Å². The number of nitrogens with zero attached hydrogens (tertiary/aromatic N) is 4. The molecular weight excluding hydrogens is 254 g/mol. The van der Waals surface area contributed by atoms with Gasteiger partial charge in [0.1, 0.15) is 5.82 Å². The Bertz CT molecular complexity index is 570. The Morgan fingerprint density at radius 1 is 1.25 bits per heavy atom. The molecule has 0 aromatic carbocycles. The molecule has 0 amide bonds. The van der Waals surface area contributed by atoms with Crippen LogP contribution in [0.15, 0.2) is 22.9 Å². The third kappa shape index (κ3) is 2.65. The van der Waals surface area contributed by atoms with E-state index in [2.05, 4.69) is 39.2 Å². The van der Waals surface area contributed by atoms with Crippen molar-refractivity contribution in [2.24, 2.45) is 0 Å². The van der Waals surface area contributed by atoms with Crippen LogP contribution in [0.25, 0.3) is 11.4 Å². The molecule has 1 aliphatic heterocycles. The summed E-state index contributed by atoms with van der Waals surface area (Å²) < 4.78 is 4.99. The predicted molar refractivity (Wildman–Crippen MR) is 76.5 cm³/mol. The van der Waals surface area contributed by atoms with E-state index in [1.807, 2.05) is 12.1 Å². The Labute approximate surface area is 118 Å². The number of anilines is 1. The van der Waals surface area contributed by atoms with E-state index in [9.17, 15) is 0 Å². The zero-order valence-corrected chi connectivity index (χ0v) is 12.0. The first kappa shape index (κ1) is 13.1. The monoisotopic (exact) mass is 273 g/mol. The van der Waals surface area contributed by atoms with Crippen molar-refractivity contribution >= 4 is 5.82 Å². The summed E-state index contributed by atoms with van der Waals surface area (Å²) >= 11 is 0. The fourth-order valence-corrected chi connectivity index (χ4v) is 2.64. The molecule has 6 heteroatoms. The van der Waals surface area contributed by atoms with Crippen molar-refractivity contribution in [3.63, 3.8) is 0 Å². The molecule has 0 bridgehead atoms. The van der Waals surface area contributed by atoms with Gasteiger partial charge in [0.15, 0.2) is 0 Å². The Balaban J connectivity index is 1.79. The summed E-state index contributed by atoms with van der Waals surface area (Å²) in [5, 5.41) is 7.42. The first-order valence-electron chi connectivity index (χ1n) is 6.89. The summed E-state index contributed by atoms with van der Waals surface area (Å²) in [6, 6.07) is 4.95. The van der Waals surface area contributed by atoms with Gasteiger partial charge in [-0.05, 0) is 26.0 Å². The number of rotatable bonds is 2. The Morgan fingerprint density at radius 3 is 2.55 bits per heavy atom. The van der Waals surface area contributed by atoms with Gasteiger partial charge in [0, 0.05) is 43.9 Å². The maximum Gasteiger partial charge on any atom is 0.223 e. The minimum atomic E-state index is 0.472. The molecule has 2 aromatic rings. The molecule has 3 heterocycles. The molecular formula is C14H19N5O. The Hall–Kier alpha value is -1.95. The van der Waals surface area contributed by atoms with Crippen LogP contribution in [0.4, 0.5) is 5.82 Å². The topological polar surface area (TPSA) is 67.1 Å². The smallest absolute Gasteiger partial charge is 0.223 e. The molecule has 20 heavy (non-hydrogen) atoms. The number of aromatic nitrogens is 3. The molecule has 1 aliphatic rings. The molecule has 2 aromatic heterocycles. The van der Waals surface area contributed by atoms with Gasteiger partial charge in [-0.15, -0.1) is 0 Å². The minimum absolute atomic E-state index is 0.472. The van der Waals surface area contributed by atoms with Gasteiger partial charge in [-0.25, -0.2) is 4.98 Å². The standard InChI is InChI=1S/C14H19N5O/c1-9-7-19(8-10(2)16-9)13-5-4-12(6-15-13)14-17-11(3)20-18-14/h4-6,9-10,16H,7-8H2,1-3H3/t9-,10+. The highest BCUT2D eigenvalue weighted by Gasteiger charge is 2.21. The molecule has 106 valence electrons. The molecule has 0 aliphatic carbocycles. The zero-order valence-electron chi connectivity index (χ0n) is 12.0. The minimum Gasteiger partial charge on any atom is -0.354 e. The van der Waals surface area contributed by atoms with Gasteiger partial charge in [0.2, 0.25) is 11.7 Å². The van der Waals surface area contributed by atoms with E-state index < -0.39 is 0 Å². The molecule has 0 unspecified atom stereocenters. The van der Waals surface area contributed by atoms with Crippen LogP contribution >= 0.6 is 0 Å². The van der Waals surface area contributed by atoms with Crippen molar-refractivity contribution in [2.45, 2.75) is 32.9 Å². The van der Waals surface area contributed by atoms with Crippen LogP contribution in [0.1, 0.15) is 19.7 Å². The zero-order chi connectivity index (χ0) is 14.1. The highest BCUT2D eigenvalue weighted by atomic mass is 16.5. The summed E-state index contributed by atoms with van der Waals surface area (Å²) in [4.78, 5) is 11.0. The van der Waals surface area contributed by atoms with Gasteiger partial charge in [0.05, 0.1) is 0 Å². The molecule has 3 rings (SSSR count). The van der Waals surface area contributed by atoms with Crippen molar-refractivity contribution in [3.8, 4) is 11.4 Å². The molecule has 1 saturated heterocycles. The lowest BCUT2D eigenvalue weighted by atomic mass is 10.1. The molecule has 0 saturated carbocycles. The second-order valence-corrected chi connectivity index (χ2v) is 5.42. The average molecular weight is 273 g/mol. The first-order valence-corrected chi connectivity index (χ1v) is 6.89. The first-order chi connectivity index (χ1) is 9.61. The molecule has 1 N–H and O–H groups in total. The quantitative estimate of drug-likeness (QED) is 0.897. The number of hydrogen-bond donors (Lipinski definition) is 1. The Kier molecular flexibility index (Phi) is 3.40. The van der Waals surface area contributed by atoms with Crippen LogP contribution in [0.2, 0.25) is 0 Å². The van der Waals surface area contributed by atoms with Crippen molar-refractivity contribution in [1.82, 2.24) is 20.4 Å². The summed E-state index contributed by atoms with van der Waals surface area (Å²) in [5.74, 6) is 2.14. The van der Waals surface area contributed by atoms with Crippen molar-refractivity contribution in [3.05, 3.63) is 24.2 Å². The van der Waals surface area contributed by atoms with Crippen molar-refractivity contribution in [2.75, 3.05) is 18.0 Å². The second-order valence-electron chi connectivity index (χ2n) is 5.42. The normalized spacial score (nSPS) is 23.1. The number of hydrogen-bond acceptors (Lipinski definition) is 6. The number of piperazine rings is 1. The summed E-state index contributed by atoms with van der Waals surface area (Å²) in [6.07, 6.45) is 1.80. The van der Waals surface area contributed by atoms with E-state index in [0.29, 0.717) is 23.8 Å². The van der Waals surface area contributed by atoms with Gasteiger partial charge in [-0.2, -0.15) is 4.98 Å². The van der Waals surface area contributed by atoms with Crippen LogP contribution in [0.5, 0.6) is 0 Å². The maximum atomic E-state index is 4.99. The Morgan fingerprint density at radius 2 is 2.00 bits per heavy atom. The van der Waals surface area contributed by atoms with Crippen LogP contribution in [0.3, 0.4) is 0 Å². The van der Waals surface area contributed by atoms with E-state index in [-0.39, 0.29) is 0 Å². The van der Waals surface area contributed by atoms with E-state index >= 15 is 0 Å². The van der Waals surface area contributed by atoms with Crippen LogP contribution < -0.4 is 10.2 Å².